The number of hydrogen-bond donors (Lipinski definition) is 0. The molecule has 4 nitrogen and oxygen atoms in total. The number of benzene rings is 2. The van der Waals surface area contributed by atoms with Crippen molar-refractivity contribution in [2.45, 2.75) is 13.5 Å². The monoisotopic (exact) mass is 387 g/mol. The molecule has 0 atom stereocenters. The molecule has 0 unspecified atom stereocenters. The first kappa shape index (κ1) is 16.6. The van der Waals surface area contributed by atoms with Gasteiger partial charge >= 0.3 is 5.63 Å². The minimum atomic E-state index is -0.380. The summed E-state index contributed by atoms with van der Waals surface area (Å²) in [5, 5.41) is 0.900. The van der Waals surface area contributed by atoms with Crippen LogP contribution in [0.1, 0.15) is 12.5 Å². The summed E-state index contributed by atoms with van der Waals surface area (Å²) < 4.78 is 11.1. The summed E-state index contributed by atoms with van der Waals surface area (Å²) in [4.78, 5) is 14.4. The second-order valence-electron chi connectivity index (χ2n) is 5.39. The van der Waals surface area contributed by atoms with E-state index in [4.69, 9.17) is 9.15 Å². The Bertz CT molecular complexity index is 906. The SMILES string of the molecule is CCN(Cc1c(Br)c(=O)oc2cc(OC)ccc12)c1ccccc1. The van der Waals surface area contributed by atoms with Gasteiger partial charge in [-0.3, -0.25) is 0 Å². The van der Waals surface area contributed by atoms with Crippen LogP contribution in [0.15, 0.2) is 62.2 Å². The summed E-state index contributed by atoms with van der Waals surface area (Å²) in [6.45, 7) is 3.53. The van der Waals surface area contributed by atoms with Crippen molar-refractivity contribution in [2.75, 3.05) is 18.6 Å². The van der Waals surface area contributed by atoms with Crippen LogP contribution in [0.2, 0.25) is 0 Å². The van der Waals surface area contributed by atoms with Gasteiger partial charge in [0.05, 0.1) is 7.11 Å². The van der Waals surface area contributed by atoms with Crippen LogP contribution in [0.25, 0.3) is 11.0 Å². The van der Waals surface area contributed by atoms with Crippen molar-refractivity contribution < 1.29 is 9.15 Å². The summed E-state index contributed by atoms with van der Waals surface area (Å²) in [6, 6.07) is 15.7. The molecule has 0 aliphatic heterocycles. The van der Waals surface area contributed by atoms with E-state index in [-0.39, 0.29) is 5.63 Å². The fraction of sp³-hybridized carbons (Fsp3) is 0.211. The number of ether oxygens (including phenoxy) is 1. The molecule has 0 radical (unpaired) electrons. The molecular formula is C19H18BrNO3. The molecule has 0 aliphatic rings. The molecule has 5 heteroatoms. The summed E-state index contributed by atoms with van der Waals surface area (Å²) in [5.74, 6) is 0.661. The molecule has 2 aromatic carbocycles. The Morgan fingerprint density at radius 3 is 2.58 bits per heavy atom. The third kappa shape index (κ3) is 3.17. The van der Waals surface area contributed by atoms with Crippen molar-refractivity contribution in [1.82, 2.24) is 0 Å². The van der Waals surface area contributed by atoms with E-state index >= 15 is 0 Å². The maximum absolute atomic E-state index is 12.2. The van der Waals surface area contributed by atoms with Crippen LogP contribution in [0, 0.1) is 0 Å². The molecule has 3 aromatic rings. The van der Waals surface area contributed by atoms with Crippen molar-refractivity contribution in [3.8, 4) is 5.75 Å². The van der Waals surface area contributed by atoms with Crippen molar-refractivity contribution >= 4 is 32.6 Å². The molecule has 0 N–H and O–H groups in total. The van der Waals surface area contributed by atoms with Gasteiger partial charge in [0.2, 0.25) is 0 Å². The van der Waals surface area contributed by atoms with Crippen LogP contribution in [0.3, 0.4) is 0 Å². The first-order valence-electron chi connectivity index (χ1n) is 7.73. The molecule has 0 saturated heterocycles. The molecule has 0 aliphatic carbocycles. The summed E-state index contributed by atoms with van der Waals surface area (Å²) in [6.07, 6.45) is 0. The highest BCUT2D eigenvalue weighted by Crippen LogP contribution is 2.29. The predicted molar refractivity (Wildman–Crippen MR) is 99.9 cm³/mol. The Hall–Kier alpha value is -2.27. The van der Waals surface area contributed by atoms with Crippen LogP contribution in [-0.4, -0.2) is 13.7 Å². The highest BCUT2D eigenvalue weighted by atomic mass is 79.9. The van der Waals surface area contributed by atoms with Gasteiger partial charge in [0, 0.05) is 35.8 Å². The molecule has 1 aromatic heterocycles. The number of rotatable bonds is 5. The second kappa shape index (κ2) is 7.09. The zero-order chi connectivity index (χ0) is 17.1. The van der Waals surface area contributed by atoms with E-state index in [1.165, 1.54) is 0 Å². The molecule has 0 bridgehead atoms. The molecule has 3 rings (SSSR count). The minimum Gasteiger partial charge on any atom is -0.497 e. The Kier molecular flexibility index (Phi) is 4.90. The second-order valence-corrected chi connectivity index (χ2v) is 6.19. The number of nitrogens with zero attached hydrogens (tertiary/aromatic N) is 1. The van der Waals surface area contributed by atoms with Crippen LogP contribution in [0.4, 0.5) is 5.69 Å². The lowest BCUT2D eigenvalue weighted by molar-refractivity contribution is 0.414. The van der Waals surface area contributed by atoms with Gasteiger partial charge in [0.15, 0.2) is 0 Å². The number of para-hydroxylation sites is 1. The topological polar surface area (TPSA) is 42.7 Å². The van der Waals surface area contributed by atoms with Crippen molar-refractivity contribution in [1.29, 1.82) is 0 Å². The van der Waals surface area contributed by atoms with E-state index in [9.17, 15) is 4.79 Å². The van der Waals surface area contributed by atoms with E-state index in [1.54, 1.807) is 13.2 Å². The molecule has 0 saturated carbocycles. The Labute approximate surface area is 148 Å². The summed E-state index contributed by atoms with van der Waals surface area (Å²) in [7, 11) is 1.59. The number of halogens is 1. The lowest BCUT2D eigenvalue weighted by Crippen LogP contribution is -2.23. The van der Waals surface area contributed by atoms with E-state index < -0.39 is 0 Å². The van der Waals surface area contributed by atoms with Gasteiger partial charge in [0.1, 0.15) is 15.8 Å². The minimum absolute atomic E-state index is 0.380. The molecule has 0 spiro atoms. The van der Waals surface area contributed by atoms with Crippen molar-refractivity contribution in [3.63, 3.8) is 0 Å². The highest BCUT2D eigenvalue weighted by molar-refractivity contribution is 9.10. The van der Waals surface area contributed by atoms with Crippen LogP contribution in [-0.2, 0) is 6.54 Å². The predicted octanol–water partition coefficient (Wildman–Crippen LogP) is 4.59. The van der Waals surface area contributed by atoms with Gasteiger partial charge in [-0.25, -0.2) is 4.79 Å². The lowest BCUT2D eigenvalue weighted by atomic mass is 10.1. The standard InChI is InChI=1S/C19H18BrNO3/c1-3-21(13-7-5-4-6-8-13)12-16-15-10-9-14(23-2)11-17(15)24-19(22)18(16)20/h4-11H,3,12H2,1-2H3. The summed E-state index contributed by atoms with van der Waals surface area (Å²) in [5.41, 5.74) is 2.17. The zero-order valence-electron chi connectivity index (χ0n) is 13.6. The van der Waals surface area contributed by atoms with Crippen LogP contribution < -0.4 is 15.3 Å². The molecular weight excluding hydrogens is 370 g/mol. The molecule has 1 heterocycles. The Morgan fingerprint density at radius 2 is 1.92 bits per heavy atom. The summed E-state index contributed by atoms with van der Waals surface area (Å²) >= 11 is 3.40. The van der Waals surface area contributed by atoms with E-state index in [0.29, 0.717) is 22.4 Å². The van der Waals surface area contributed by atoms with Gasteiger partial charge in [-0.1, -0.05) is 18.2 Å². The van der Waals surface area contributed by atoms with Crippen molar-refractivity contribution in [2.24, 2.45) is 0 Å². The Morgan fingerprint density at radius 1 is 1.17 bits per heavy atom. The quantitative estimate of drug-likeness (QED) is 0.600. The third-order valence-corrected chi connectivity index (χ3v) is 4.82. The highest BCUT2D eigenvalue weighted by Gasteiger charge is 2.16. The molecule has 0 fully saturated rings. The first-order valence-corrected chi connectivity index (χ1v) is 8.52. The van der Waals surface area contributed by atoms with Gasteiger partial charge in [-0.2, -0.15) is 0 Å². The van der Waals surface area contributed by atoms with Crippen LogP contribution in [0.5, 0.6) is 5.75 Å². The first-order chi connectivity index (χ1) is 11.6. The number of fused-ring (bicyclic) bond motifs is 1. The fourth-order valence-electron chi connectivity index (χ4n) is 2.72. The van der Waals surface area contributed by atoms with Crippen molar-refractivity contribution in [3.05, 3.63) is 69.0 Å². The smallest absolute Gasteiger partial charge is 0.351 e. The fourth-order valence-corrected chi connectivity index (χ4v) is 3.14. The largest absolute Gasteiger partial charge is 0.497 e. The average Bonchev–Trinajstić information content (AvgIpc) is 2.62. The van der Waals surface area contributed by atoms with Gasteiger partial charge in [0.25, 0.3) is 0 Å². The molecule has 0 amide bonds. The van der Waals surface area contributed by atoms with Gasteiger partial charge < -0.3 is 14.1 Å². The molecule has 124 valence electrons. The number of hydrogen-bond acceptors (Lipinski definition) is 4. The number of methoxy groups -OCH3 is 1. The Balaban J connectivity index is 2.11. The number of anilines is 1. The zero-order valence-corrected chi connectivity index (χ0v) is 15.2. The van der Waals surface area contributed by atoms with Gasteiger partial charge in [-0.05, 0) is 47.1 Å². The third-order valence-electron chi connectivity index (χ3n) is 4.01. The van der Waals surface area contributed by atoms with Gasteiger partial charge in [-0.15, -0.1) is 0 Å². The lowest BCUT2D eigenvalue weighted by Gasteiger charge is -2.24. The van der Waals surface area contributed by atoms with E-state index in [2.05, 4.69) is 39.9 Å². The van der Waals surface area contributed by atoms with E-state index in [0.717, 1.165) is 23.2 Å². The van der Waals surface area contributed by atoms with E-state index in [1.807, 2.05) is 30.3 Å². The normalized spacial score (nSPS) is 10.8. The maximum Gasteiger partial charge on any atom is 0.351 e. The molecule has 24 heavy (non-hydrogen) atoms. The average molecular weight is 388 g/mol. The maximum atomic E-state index is 12.2. The van der Waals surface area contributed by atoms with Crippen LogP contribution >= 0.6 is 15.9 Å².